The molecule has 0 atom stereocenters. The summed E-state index contributed by atoms with van der Waals surface area (Å²) < 4.78 is 35.3. The smallest absolute Gasteiger partial charge is 0.262 e. The molecule has 0 fully saturated rings. The summed E-state index contributed by atoms with van der Waals surface area (Å²) >= 11 is 5.85. The van der Waals surface area contributed by atoms with Gasteiger partial charge in [-0.05, 0) is 54.6 Å². The third-order valence-electron chi connectivity index (χ3n) is 4.23. The standard InChI is InChI=1S/C20H16ClN3O3S/c1-27-19-10-5-14(18-13-24-11-3-2-4-20(24)22-18)12-17(19)23-28(25,26)16-8-6-15(21)7-9-16/h2-13,23H,1H3. The molecule has 0 aliphatic heterocycles. The second-order valence-corrected chi connectivity index (χ2v) is 8.19. The lowest BCUT2D eigenvalue weighted by molar-refractivity contribution is 0.417. The highest BCUT2D eigenvalue weighted by atomic mass is 35.5. The largest absolute Gasteiger partial charge is 0.495 e. The Kier molecular flexibility index (Phi) is 4.70. The Morgan fingerprint density at radius 2 is 1.86 bits per heavy atom. The van der Waals surface area contributed by atoms with Crippen molar-refractivity contribution in [2.45, 2.75) is 4.90 Å². The van der Waals surface area contributed by atoms with Crippen LogP contribution in [0.15, 0.2) is 78.0 Å². The summed E-state index contributed by atoms with van der Waals surface area (Å²) in [6.45, 7) is 0. The Morgan fingerprint density at radius 3 is 2.57 bits per heavy atom. The Bertz CT molecular complexity index is 1220. The molecule has 4 rings (SSSR count). The van der Waals surface area contributed by atoms with Gasteiger partial charge in [-0.1, -0.05) is 17.7 Å². The average molecular weight is 414 g/mol. The zero-order valence-corrected chi connectivity index (χ0v) is 16.4. The van der Waals surface area contributed by atoms with Crippen LogP contribution in [0.25, 0.3) is 16.9 Å². The first-order valence-electron chi connectivity index (χ1n) is 8.37. The summed E-state index contributed by atoms with van der Waals surface area (Å²) in [7, 11) is -2.31. The number of hydrogen-bond donors (Lipinski definition) is 1. The molecule has 142 valence electrons. The first-order valence-corrected chi connectivity index (χ1v) is 10.2. The van der Waals surface area contributed by atoms with Crippen LogP contribution in [0.2, 0.25) is 5.02 Å². The van der Waals surface area contributed by atoms with Crippen LogP contribution in [-0.4, -0.2) is 24.9 Å². The van der Waals surface area contributed by atoms with Crippen LogP contribution in [0.5, 0.6) is 5.75 Å². The van der Waals surface area contributed by atoms with Gasteiger partial charge in [-0.15, -0.1) is 0 Å². The van der Waals surface area contributed by atoms with Crippen molar-refractivity contribution in [3.63, 3.8) is 0 Å². The molecule has 0 radical (unpaired) electrons. The summed E-state index contributed by atoms with van der Waals surface area (Å²) in [5.74, 6) is 0.407. The highest BCUT2D eigenvalue weighted by Gasteiger charge is 2.18. The van der Waals surface area contributed by atoms with Crippen molar-refractivity contribution in [3.05, 3.63) is 78.1 Å². The number of nitrogens with zero attached hydrogens (tertiary/aromatic N) is 2. The molecule has 2 aromatic heterocycles. The van der Waals surface area contributed by atoms with Gasteiger partial charge in [0.05, 0.1) is 23.4 Å². The number of sulfonamides is 1. The van der Waals surface area contributed by atoms with Crippen LogP contribution in [0.3, 0.4) is 0 Å². The van der Waals surface area contributed by atoms with Crippen LogP contribution < -0.4 is 9.46 Å². The summed E-state index contributed by atoms with van der Waals surface area (Å²) in [5, 5.41) is 0.463. The number of methoxy groups -OCH3 is 1. The van der Waals surface area contributed by atoms with Crippen molar-refractivity contribution >= 4 is 33.0 Å². The lowest BCUT2D eigenvalue weighted by Crippen LogP contribution is -2.13. The molecule has 2 heterocycles. The van der Waals surface area contributed by atoms with Gasteiger partial charge in [0.25, 0.3) is 10.0 Å². The van der Waals surface area contributed by atoms with Crippen molar-refractivity contribution in [1.29, 1.82) is 0 Å². The van der Waals surface area contributed by atoms with Crippen LogP contribution >= 0.6 is 11.6 Å². The van der Waals surface area contributed by atoms with Gasteiger partial charge in [0.15, 0.2) is 0 Å². The van der Waals surface area contributed by atoms with E-state index in [-0.39, 0.29) is 4.90 Å². The molecule has 0 aliphatic rings. The van der Waals surface area contributed by atoms with E-state index in [2.05, 4.69) is 9.71 Å². The van der Waals surface area contributed by atoms with E-state index >= 15 is 0 Å². The molecule has 4 aromatic rings. The number of hydrogen-bond acceptors (Lipinski definition) is 4. The molecule has 1 N–H and O–H groups in total. The number of ether oxygens (including phenoxy) is 1. The maximum Gasteiger partial charge on any atom is 0.262 e. The Morgan fingerprint density at radius 1 is 1.07 bits per heavy atom. The fraction of sp³-hybridized carbons (Fsp3) is 0.0500. The van der Waals surface area contributed by atoms with Crippen molar-refractivity contribution in [3.8, 4) is 17.0 Å². The monoisotopic (exact) mass is 413 g/mol. The van der Waals surface area contributed by atoms with Gasteiger partial charge in [0.1, 0.15) is 11.4 Å². The molecular formula is C20H16ClN3O3S. The lowest BCUT2D eigenvalue weighted by Gasteiger charge is -2.13. The van der Waals surface area contributed by atoms with E-state index in [4.69, 9.17) is 16.3 Å². The molecule has 0 amide bonds. The predicted molar refractivity (Wildman–Crippen MR) is 109 cm³/mol. The number of fused-ring (bicyclic) bond motifs is 1. The topological polar surface area (TPSA) is 72.7 Å². The van der Waals surface area contributed by atoms with E-state index in [1.807, 2.05) is 41.1 Å². The third-order valence-corrected chi connectivity index (χ3v) is 5.86. The fourth-order valence-corrected chi connectivity index (χ4v) is 4.03. The van der Waals surface area contributed by atoms with E-state index in [9.17, 15) is 8.42 Å². The van der Waals surface area contributed by atoms with Crippen molar-refractivity contribution in [2.24, 2.45) is 0 Å². The summed E-state index contributed by atoms with van der Waals surface area (Å²) in [5.41, 5.74) is 2.61. The number of aromatic nitrogens is 2. The number of benzene rings is 2. The molecular weight excluding hydrogens is 398 g/mol. The molecule has 0 aliphatic carbocycles. The Balaban J connectivity index is 1.73. The SMILES string of the molecule is COc1ccc(-c2cn3ccccc3n2)cc1NS(=O)(=O)c1ccc(Cl)cc1. The summed E-state index contributed by atoms with van der Waals surface area (Å²) in [4.78, 5) is 4.68. The minimum absolute atomic E-state index is 0.108. The van der Waals surface area contributed by atoms with Crippen LogP contribution in [0.4, 0.5) is 5.69 Å². The molecule has 0 saturated heterocycles. The van der Waals surface area contributed by atoms with E-state index in [1.54, 1.807) is 12.1 Å². The molecule has 0 saturated carbocycles. The number of halogens is 1. The maximum absolute atomic E-state index is 12.7. The van der Waals surface area contributed by atoms with Crippen molar-refractivity contribution in [1.82, 2.24) is 9.38 Å². The minimum Gasteiger partial charge on any atom is -0.495 e. The fourth-order valence-electron chi connectivity index (χ4n) is 2.84. The van der Waals surface area contributed by atoms with Crippen molar-refractivity contribution in [2.75, 3.05) is 11.8 Å². The summed E-state index contributed by atoms with van der Waals surface area (Å²) in [6, 6.07) is 16.9. The highest BCUT2D eigenvalue weighted by molar-refractivity contribution is 7.92. The van der Waals surface area contributed by atoms with Gasteiger partial charge in [-0.25, -0.2) is 13.4 Å². The molecule has 2 aromatic carbocycles. The maximum atomic E-state index is 12.7. The molecule has 0 bridgehead atoms. The second-order valence-electron chi connectivity index (χ2n) is 6.07. The normalized spacial score (nSPS) is 11.5. The zero-order chi connectivity index (χ0) is 19.7. The Labute approximate surface area is 167 Å². The molecule has 6 nitrogen and oxygen atoms in total. The van der Waals surface area contributed by atoms with Crippen LogP contribution in [-0.2, 0) is 10.0 Å². The Hall–Kier alpha value is -3.03. The molecule has 8 heteroatoms. The van der Waals surface area contributed by atoms with Gasteiger partial charge in [-0.3, -0.25) is 4.72 Å². The van der Waals surface area contributed by atoms with Crippen LogP contribution in [0.1, 0.15) is 0 Å². The molecule has 28 heavy (non-hydrogen) atoms. The number of nitrogens with one attached hydrogen (secondary N) is 1. The average Bonchev–Trinajstić information content (AvgIpc) is 3.12. The van der Waals surface area contributed by atoms with Gasteiger partial charge in [0.2, 0.25) is 0 Å². The third kappa shape index (κ3) is 3.54. The van der Waals surface area contributed by atoms with E-state index in [1.165, 1.54) is 31.4 Å². The lowest BCUT2D eigenvalue weighted by atomic mass is 10.1. The molecule has 0 unspecified atom stereocenters. The van der Waals surface area contributed by atoms with E-state index in [0.717, 1.165) is 16.9 Å². The second kappa shape index (κ2) is 7.18. The highest BCUT2D eigenvalue weighted by Crippen LogP contribution is 2.32. The predicted octanol–water partition coefficient (Wildman–Crippen LogP) is 4.46. The van der Waals surface area contributed by atoms with Gasteiger partial charge in [0, 0.05) is 23.0 Å². The van der Waals surface area contributed by atoms with Gasteiger partial charge in [-0.2, -0.15) is 0 Å². The number of pyridine rings is 1. The number of rotatable bonds is 5. The minimum atomic E-state index is -3.80. The molecule has 0 spiro atoms. The summed E-state index contributed by atoms with van der Waals surface area (Å²) in [6.07, 6.45) is 3.79. The van der Waals surface area contributed by atoms with E-state index in [0.29, 0.717) is 16.5 Å². The first-order chi connectivity index (χ1) is 13.5. The van der Waals surface area contributed by atoms with Crippen molar-refractivity contribution < 1.29 is 13.2 Å². The van der Waals surface area contributed by atoms with Gasteiger partial charge < -0.3 is 9.14 Å². The van der Waals surface area contributed by atoms with E-state index < -0.39 is 10.0 Å². The van der Waals surface area contributed by atoms with Gasteiger partial charge >= 0.3 is 0 Å². The zero-order valence-electron chi connectivity index (χ0n) is 14.8. The first kappa shape index (κ1) is 18.3. The number of imidazole rings is 1. The van der Waals surface area contributed by atoms with Crippen LogP contribution in [0, 0.1) is 0 Å². The quantitative estimate of drug-likeness (QED) is 0.524. The number of anilines is 1.